The Morgan fingerprint density at radius 2 is 2.04 bits per heavy atom. The van der Waals surface area contributed by atoms with Gasteiger partial charge in [-0.2, -0.15) is 5.26 Å². The van der Waals surface area contributed by atoms with E-state index in [9.17, 15) is 4.79 Å². The Morgan fingerprint density at radius 3 is 2.70 bits per heavy atom. The van der Waals surface area contributed by atoms with Gasteiger partial charge in [0, 0.05) is 17.7 Å². The standard InChI is InChI=1S/C20H19N5O2/c1-2-27-20(26)17-9-16-8-7-15(14-5-3-13(12-21)4-6-14)10-18(16)23-19(11-17)24-25-22/h3-10,19,23H,2,11H2,1H3,(H2,22,24). The first-order valence-corrected chi connectivity index (χ1v) is 8.53. The number of nitrogens with one attached hydrogen (secondary N) is 1. The fraction of sp³-hybridized carbons (Fsp3) is 0.200. The molecule has 7 heteroatoms. The second kappa shape index (κ2) is 8.15. The first kappa shape index (κ1) is 18.1. The van der Waals surface area contributed by atoms with Crippen molar-refractivity contribution in [3.05, 3.63) is 59.2 Å². The molecule has 1 aliphatic heterocycles. The van der Waals surface area contributed by atoms with Crippen molar-refractivity contribution in [1.29, 1.82) is 5.26 Å². The van der Waals surface area contributed by atoms with Crippen molar-refractivity contribution < 1.29 is 9.53 Å². The second-order valence-electron chi connectivity index (χ2n) is 5.98. The number of anilines is 1. The van der Waals surface area contributed by atoms with Gasteiger partial charge in [0.25, 0.3) is 0 Å². The lowest BCUT2D eigenvalue weighted by molar-refractivity contribution is -0.138. The number of rotatable bonds is 4. The van der Waals surface area contributed by atoms with E-state index in [4.69, 9.17) is 15.8 Å². The lowest BCUT2D eigenvalue weighted by atomic mass is 10.0. The zero-order valence-corrected chi connectivity index (χ0v) is 14.8. The SMILES string of the molecule is CCOC(=O)C1=Cc2ccc(-c3ccc(C#N)cc3)cc2NC(N=NN)C1. The van der Waals surface area contributed by atoms with Crippen LogP contribution in [0.25, 0.3) is 17.2 Å². The highest BCUT2D eigenvalue weighted by Gasteiger charge is 2.22. The van der Waals surface area contributed by atoms with E-state index < -0.39 is 6.17 Å². The Bertz CT molecular complexity index is 942. The van der Waals surface area contributed by atoms with Crippen molar-refractivity contribution in [2.75, 3.05) is 11.9 Å². The smallest absolute Gasteiger partial charge is 0.334 e. The van der Waals surface area contributed by atoms with E-state index in [0.29, 0.717) is 24.2 Å². The lowest BCUT2D eigenvalue weighted by Gasteiger charge is -2.14. The summed E-state index contributed by atoms with van der Waals surface area (Å²) in [5.74, 6) is 4.84. The molecule has 2 aromatic carbocycles. The third kappa shape index (κ3) is 4.12. The van der Waals surface area contributed by atoms with Gasteiger partial charge in [0.2, 0.25) is 0 Å². The van der Waals surface area contributed by atoms with Crippen LogP contribution in [0.1, 0.15) is 24.5 Å². The van der Waals surface area contributed by atoms with Crippen LogP contribution in [0.5, 0.6) is 0 Å². The fourth-order valence-electron chi connectivity index (χ4n) is 2.93. The second-order valence-corrected chi connectivity index (χ2v) is 5.98. The number of benzene rings is 2. The van der Waals surface area contributed by atoms with Gasteiger partial charge in [-0.1, -0.05) is 29.5 Å². The number of fused-ring (bicyclic) bond motifs is 1. The van der Waals surface area contributed by atoms with Crippen LogP contribution in [-0.2, 0) is 9.53 Å². The molecule has 0 bridgehead atoms. The van der Waals surface area contributed by atoms with E-state index in [1.165, 1.54) is 0 Å². The summed E-state index contributed by atoms with van der Waals surface area (Å²) in [5.41, 5.74) is 4.74. The zero-order chi connectivity index (χ0) is 19.2. The highest BCUT2D eigenvalue weighted by Crippen LogP contribution is 2.31. The van der Waals surface area contributed by atoms with Crippen molar-refractivity contribution in [3.8, 4) is 17.2 Å². The topological polar surface area (TPSA) is 113 Å². The van der Waals surface area contributed by atoms with Gasteiger partial charge in [0.05, 0.1) is 18.2 Å². The number of carbonyl (C=O) groups excluding carboxylic acids is 1. The van der Waals surface area contributed by atoms with E-state index >= 15 is 0 Å². The van der Waals surface area contributed by atoms with Crippen LogP contribution >= 0.6 is 0 Å². The molecule has 0 saturated carbocycles. The summed E-state index contributed by atoms with van der Waals surface area (Å²) >= 11 is 0. The van der Waals surface area contributed by atoms with Crippen molar-refractivity contribution in [2.24, 2.45) is 16.2 Å². The Hall–Kier alpha value is -3.66. The number of ether oxygens (including phenoxy) is 1. The molecule has 0 spiro atoms. The van der Waals surface area contributed by atoms with E-state index in [1.54, 1.807) is 25.1 Å². The number of hydrogen-bond acceptors (Lipinski definition) is 6. The highest BCUT2D eigenvalue weighted by molar-refractivity contribution is 5.96. The number of nitrogens with two attached hydrogens (primary N) is 1. The first-order valence-electron chi connectivity index (χ1n) is 8.53. The average molecular weight is 361 g/mol. The number of nitriles is 1. The third-order valence-electron chi connectivity index (χ3n) is 4.21. The molecule has 0 fully saturated rings. The minimum atomic E-state index is -0.469. The van der Waals surface area contributed by atoms with Gasteiger partial charge in [0.15, 0.2) is 0 Å². The molecule has 27 heavy (non-hydrogen) atoms. The predicted molar refractivity (Wildman–Crippen MR) is 102 cm³/mol. The van der Waals surface area contributed by atoms with E-state index in [-0.39, 0.29) is 5.97 Å². The molecule has 1 atom stereocenters. The molecule has 2 aromatic rings. The third-order valence-corrected chi connectivity index (χ3v) is 4.21. The van der Waals surface area contributed by atoms with Gasteiger partial charge in [0.1, 0.15) is 6.17 Å². The molecule has 0 saturated heterocycles. The summed E-state index contributed by atoms with van der Waals surface area (Å²) in [7, 11) is 0. The number of nitrogens with zero attached hydrogens (tertiary/aromatic N) is 3. The molecule has 1 heterocycles. The van der Waals surface area contributed by atoms with E-state index in [2.05, 4.69) is 21.7 Å². The van der Waals surface area contributed by atoms with E-state index in [1.807, 2.05) is 30.3 Å². The average Bonchev–Trinajstić information content (AvgIpc) is 2.87. The quantitative estimate of drug-likeness (QED) is 0.373. The first-order chi connectivity index (χ1) is 13.1. The summed E-state index contributed by atoms with van der Waals surface area (Å²) in [6.45, 7) is 2.07. The summed E-state index contributed by atoms with van der Waals surface area (Å²) in [5, 5.41) is 19.5. The largest absolute Gasteiger partial charge is 0.463 e. The van der Waals surface area contributed by atoms with Gasteiger partial charge in [-0.25, -0.2) is 4.79 Å². The van der Waals surface area contributed by atoms with Crippen LogP contribution in [0, 0.1) is 11.3 Å². The number of hydrogen-bond donors (Lipinski definition) is 2. The maximum absolute atomic E-state index is 12.2. The zero-order valence-electron chi connectivity index (χ0n) is 14.8. The molecule has 1 unspecified atom stereocenters. The molecule has 136 valence electrons. The fourth-order valence-corrected chi connectivity index (χ4v) is 2.93. The van der Waals surface area contributed by atoms with Gasteiger partial charge in [-0.15, -0.1) is 5.11 Å². The van der Waals surface area contributed by atoms with Crippen molar-refractivity contribution in [2.45, 2.75) is 19.5 Å². The molecule has 0 amide bonds. The van der Waals surface area contributed by atoms with Crippen LogP contribution < -0.4 is 11.2 Å². The van der Waals surface area contributed by atoms with Gasteiger partial charge in [-0.3, -0.25) is 0 Å². The minimum Gasteiger partial charge on any atom is -0.463 e. The van der Waals surface area contributed by atoms with E-state index in [0.717, 1.165) is 22.4 Å². The van der Waals surface area contributed by atoms with Crippen LogP contribution in [-0.4, -0.2) is 18.7 Å². The maximum atomic E-state index is 12.2. The van der Waals surface area contributed by atoms with Crippen molar-refractivity contribution in [3.63, 3.8) is 0 Å². The van der Waals surface area contributed by atoms with Gasteiger partial charge in [-0.05, 0) is 47.9 Å². The molecule has 0 aliphatic carbocycles. The van der Waals surface area contributed by atoms with Gasteiger partial charge < -0.3 is 15.9 Å². The highest BCUT2D eigenvalue weighted by atomic mass is 16.5. The Balaban J connectivity index is 2.00. The summed E-state index contributed by atoms with van der Waals surface area (Å²) in [6.07, 6.45) is 1.65. The van der Waals surface area contributed by atoms with Gasteiger partial charge >= 0.3 is 5.97 Å². The molecule has 0 aromatic heterocycles. The minimum absolute atomic E-state index is 0.303. The normalized spacial score (nSPS) is 15.9. The molecule has 7 nitrogen and oxygen atoms in total. The molecular formula is C20H19N5O2. The molecule has 0 radical (unpaired) electrons. The van der Waals surface area contributed by atoms with Crippen LogP contribution in [0.2, 0.25) is 0 Å². The molecular weight excluding hydrogens is 342 g/mol. The maximum Gasteiger partial charge on any atom is 0.334 e. The summed E-state index contributed by atoms with van der Waals surface area (Å²) < 4.78 is 5.13. The predicted octanol–water partition coefficient (Wildman–Crippen LogP) is 3.64. The number of esters is 1. The van der Waals surface area contributed by atoms with Crippen molar-refractivity contribution >= 4 is 17.7 Å². The Morgan fingerprint density at radius 1 is 1.30 bits per heavy atom. The Labute approximate surface area is 157 Å². The molecule has 1 aliphatic rings. The van der Waals surface area contributed by atoms with Crippen LogP contribution in [0.15, 0.2) is 58.4 Å². The monoisotopic (exact) mass is 361 g/mol. The lowest BCUT2D eigenvalue weighted by Crippen LogP contribution is -2.19. The molecule has 3 N–H and O–H groups in total. The summed E-state index contributed by atoms with van der Waals surface area (Å²) in [6, 6.07) is 15.3. The van der Waals surface area contributed by atoms with Crippen LogP contribution in [0.3, 0.4) is 0 Å². The van der Waals surface area contributed by atoms with Crippen LogP contribution in [0.4, 0.5) is 5.69 Å². The molecule has 3 rings (SSSR count). The van der Waals surface area contributed by atoms with Crippen molar-refractivity contribution in [1.82, 2.24) is 0 Å². The summed E-state index contributed by atoms with van der Waals surface area (Å²) in [4.78, 5) is 12.2. The number of carbonyl (C=O) groups is 1. The Kier molecular flexibility index (Phi) is 5.47.